The maximum absolute atomic E-state index is 13.5. The summed E-state index contributed by atoms with van der Waals surface area (Å²) in [5, 5.41) is 4.21. The fraction of sp³-hybridized carbons (Fsp3) is 0.538. The molecular weight excluding hydrogens is 257 g/mol. The van der Waals surface area contributed by atoms with E-state index in [9.17, 15) is 4.39 Å². The monoisotopic (exact) mass is 273 g/mol. The van der Waals surface area contributed by atoms with E-state index < -0.39 is 0 Å². The molecule has 1 aromatic carbocycles. The van der Waals surface area contributed by atoms with Crippen LogP contribution in [0.5, 0.6) is 0 Å². The maximum Gasteiger partial charge on any atom is 0.136 e. The quantitative estimate of drug-likeness (QED) is 0.883. The Morgan fingerprint density at radius 3 is 2.41 bits per heavy atom. The number of rotatable bonds is 2. The van der Waals surface area contributed by atoms with Crippen LogP contribution < -0.4 is 5.32 Å². The van der Waals surface area contributed by atoms with E-state index in [4.69, 9.17) is 0 Å². The van der Waals surface area contributed by atoms with Crippen LogP contribution >= 0.6 is 24.2 Å². The molecule has 1 aromatic rings. The van der Waals surface area contributed by atoms with Crippen LogP contribution in [0.2, 0.25) is 0 Å². The fourth-order valence-corrected chi connectivity index (χ4v) is 4.18. The molecule has 2 unspecified atom stereocenters. The molecule has 17 heavy (non-hydrogen) atoms. The lowest BCUT2D eigenvalue weighted by atomic mass is 10.1. The van der Waals surface area contributed by atoms with Crippen molar-refractivity contribution in [3.63, 3.8) is 0 Å². The SMILES string of the molecule is Cl.Fc1ccccc1SC1CC2CCC(C1)N2. The molecule has 1 nitrogen and oxygen atoms in total. The Balaban J connectivity index is 0.00000108. The van der Waals surface area contributed by atoms with Crippen molar-refractivity contribution in [2.75, 3.05) is 0 Å². The van der Waals surface area contributed by atoms with Gasteiger partial charge in [0.1, 0.15) is 5.82 Å². The predicted octanol–water partition coefficient (Wildman–Crippen LogP) is 3.62. The molecular formula is C13H17ClFNS. The molecule has 2 atom stereocenters. The summed E-state index contributed by atoms with van der Waals surface area (Å²) in [4.78, 5) is 0.814. The molecule has 94 valence electrons. The van der Waals surface area contributed by atoms with Gasteiger partial charge in [-0.05, 0) is 37.8 Å². The number of hydrogen-bond donors (Lipinski definition) is 1. The van der Waals surface area contributed by atoms with Crippen LogP contribution in [0.4, 0.5) is 4.39 Å². The predicted molar refractivity (Wildman–Crippen MR) is 72.5 cm³/mol. The van der Waals surface area contributed by atoms with Crippen molar-refractivity contribution < 1.29 is 4.39 Å². The van der Waals surface area contributed by atoms with Gasteiger partial charge in [-0.1, -0.05) is 12.1 Å². The summed E-state index contributed by atoms with van der Waals surface area (Å²) >= 11 is 1.72. The fourth-order valence-electron chi connectivity index (χ4n) is 2.82. The molecule has 1 N–H and O–H groups in total. The Morgan fingerprint density at radius 1 is 1.12 bits per heavy atom. The normalized spacial score (nSPS) is 31.0. The van der Waals surface area contributed by atoms with Crippen molar-refractivity contribution in [1.29, 1.82) is 0 Å². The van der Waals surface area contributed by atoms with Crippen molar-refractivity contribution >= 4 is 24.2 Å². The topological polar surface area (TPSA) is 12.0 Å². The van der Waals surface area contributed by atoms with E-state index in [2.05, 4.69) is 5.32 Å². The molecule has 0 aliphatic carbocycles. The molecule has 2 saturated heterocycles. The second-order valence-corrected chi connectivity index (χ2v) is 6.12. The Hall–Kier alpha value is -0.250. The van der Waals surface area contributed by atoms with E-state index in [1.807, 2.05) is 12.1 Å². The highest BCUT2D eigenvalue weighted by molar-refractivity contribution is 8.00. The van der Waals surface area contributed by atoms with Gasteiger partial charge in [-0.2, -0.15) is 0 Å². The zero-order chi connectivity index (χ0) is 11.0. The number of fused-ring (bicyclic) bond motifs is 2. The van der Waals surface area contributed by atoms with Crippen molar-refractivity contribution in [3.05, 3.63) is 30.1 Å². The van der Waals surface area contributed by atoms with E-state index in [1.165, 1.54) is 25.7 Å². The largest absolute Gasteiger partial charge is 0.311 e. The van der Waals surface area contributed by atoms with Gasteiger partial charge in [0.2, 0.25) is 0 Å². The van der Waals surface area contributed by atoms with E-state index in [1.54, 1.807) is 23.9 Å². The summed E-state index contributed by atoms with van der Waals surface area (Å²) in [6, 6.07) is 8.49. The first-order valence-corrected chi connectivity index (χ1v) is 6.86. The van der Waals surface area contributed by atoms with Crippen LogP contribution in [-0.2, 0) is 0 Å². The average molecular weight is 274 g/mol. The molecule has 0 saturated carbocycles. The first kappa shape index (κ1) is 13.2. The Bertz CT molecular complexity index is 375. The second kappa shape index (κ2) is 5.59. The Labute approximate surface area is 112 Å². The molecule has 4 heteroatoms. The van der Waals surface area contributed by atoms with Crippen LogP contribution in [0.25, 0.3) is 0 Å². The van der Waals surface area contributed by atoms with Crippen molar-refractivity contribution in [3.8, 4) is 0 Å². The molecule has 0 amide bonds. The Kier molecular flexibility index (Phi) is 4.34. The minimum absolute atomic E-state index is 0. The minimum Gasteiger partial charge on any atom is -0.311 e. The highest BCUT2D eigenvalue weighted by Gasteiger charge is 2.33. The summed E-state index contributed by atoms with van der Waals surface area (Å²) < 4.78 is 13.5. The van der Waals surface area contributed by atoms with Crippen molar-refractivity contribution in [2.45, 2.75) is 47.9 Å². The number of piperidine rings is 1. The molecule has 3 rings (SSSR count). The lowest BCUT2D eigenvalue weighted by Gasteiger charge is -2.28. The van der Waals surface area contributed by atoms with Crippen LogP contribution in [-0.4, -0.2) is 17.3 Å². The third-order valence-corrected chi connectivity index (χ3v) is 4.86. The number of nitrogens with one attached hydrogen (secondary N) is 1. The van der Waals surface area contributed by atoms with Gasteiger partial charge in [-0.15, -0.1) is 24.2 Å². The number of thioether (sulfide) groups is 1. The molecule has 2 aliphatic heterocycles. The third-order valence-electron chi connectivity index (χ3n) is 3.56. The van der Waals surface area contributed by atoms with Gasteiger partial charge in [0, 0.05) is 22.2 Å². The molecule has 2 fully saturated rings. The molecule has 0 aromatic heterocycles. The lowest BCUT2D eigenvalue weighted by Crippen LogP contribution is -2.39. The standard InChI is InChI=1S/C13H16FNS.ClH/c14-12-3-1-2-4-13(12)16-11-7-9-5-6-10(8-11)15-9;/h1-4,9-11,15H,5-8H2;1H. The zero-order valence-electron chi connectivity index (χ0n) is 9.56. The van der Waals surface area contributed by atoms with Crippen LogP contribution in [0, 0.1) is 5.82 Å². The van der Waals surface area contributed by atoms with Crippen LogP contribution in [0.1, 0.15) is 25.7 Å². The lowest BCUT2D eigenvalue weighted by molar-refractivity contribution is 0.414. The first-order valence-electron chi connectivity index (χ1n) is 5.98. The van der Waals surface area contributed by atoms with E-state index in [0.29, 0.717) is 17.3 Å². The zero-order valence-corrected chi connectivity index (χ0v) is 11.2. The highest BCUT2D eigenvalue weighted by atomic mass is 35.5. The van der Waals surface area contributed by atoms with E-state index >= 15 is 0 Å². The molecule has 2 heterocycles. The van der Waals surface area contributed by atoms with E-state index in [-0.39, 0.29) is 18.2 Å². The van der Waals surface area contributed by atoms with Crippen LogP contribution in [0.15, 0.2) is 29.2 Å². The molecule has 2 bridgehead atoms. The Morgan fingerprint density at radius 2 is 1.76 bits per heavy atom. The summed E-state index contributed by atoms with van der Waals surface area (Å²) in [6.45, 7) is 0. The maximum atomic E-state index is 13.5. The van der Waals surface area contributed by atoms with Gasteiger partial charge >= 0.3 is 0 Å². The number of benzene rings is 1. The molecule has 0 radical (unpaired) electrons. The van der Waals surface area contributed by atoms with Gasteiger partial charge in [0.15, 0.2) is 0 Å². The van der Waals surface area contributed by atoms with Gasteiger partial charge in [0.25, 0.3) is 0 Å². The summed E-state index contributed by atoms with van der Waals surface area (Å²) in [7, 11) is 0. The molecule has 0 spiro atoms. The van der Waals surface area contributed by atoms with Gasteiger partial charge < -0.3 is 5.32 Å². The van der Waals surface area contributed by atoms with Gasteiger partial charge in [0.05, 0.1) is 0 Å². The second-order valence-electron chi connectivity index (χ2n) is 4.78. The average Bonchev–Trinajstić information content (AvgIpc) is 2.62. The molecule has 2 aliphatic rings. The number of halogens is 2. The van der Waals surface area contributed by atoms with Crippen molar-refractivity contribution in [2.24, 2.45) is 0 Å². The van der Waals surface area contributed by atoms with E-state index in [0.717, 1.165) is 4.90 Å². The third kappa shape index (κ3) is 2.95. The van der Waals surface area contributed by atoms with Crippen LogP contribution in [0.3, 0.4) is 0 Å². The highest BCUT2D eigenvalue weighted by Crippen LogP contribution is 2.37. The van der Waals surface area contributed by atoms with Gasteiger partial charge in [-0.3, -0.25) is 0 Å². The minimum atomic E-state index is -0.0709. The first-order chi connectivity index (χ1) is 7.81. The summed E-state index contributed by atoms with van der Waals surface area (Å²) in [5.41, 5.74) is 0. The number of hydrogen-bond acceptors (Lipinski definition) is 2. The summed E-state index contributed by atoms with van der Waals surface area (Å²) in [6.07, 6.45) is 4.99. The van der Waals surface area contributed by atoms with Crippen molar-refractivity contribution in [1.82, 2.24) is 5.32 Å². The summed E-state index contributed by atoms with van der Waals surface area (Å²) in [5.74, 6) is -0.0709. The smallest absolute Gasteiger partial charge is 0.136 e. The van der Waals surface area contributed by atoms with Gasteiger partial charge in [-0.25, -0.2) is 4.39 Å².